The first-order valence-corrected chi connectivity index (χ1v) is 11.4. The summed E-state index contributed by atoms with van der Waals surface area (Å²) in [7, 11) is 0. The molecule has 32 heavy (non-hydrogen) atoms. The predicted octanol–water partition coefficient (Wildman–Crippen LogP) is 4.46. The van der Waals surface area contributed by atoms with Gasteiger partial charge in [0.05, 0.1) is 5.52 Å². The lowest BCUT2D eigenvalue weighted by Gasteiger charge is -2.37. The Morgan fingerprint density at radius 1 is 1.09 bits per heavy atom. The molecule has 0 spiro atoms. The van der Waals surface area contributed by atoms with E-state index in [-0.39, 0.29) is 14.7 Å². The summed E-state index contributed by atoms with van der Waals surface area (Å²) in [5.74, 6) is 1.43. The lowest BCUT2D eigenvalue weighted by atomic mass is 10.0. The Morgan fingerprint density at radius 3 is 2.50 bits per heavy atom. The van der Waals surface area contributed by atoms with Crippen LogP contribution < -0.4 is 4.90 Å². The topological polar surface area (TPSA) is 69.6 Å². The monoisotopic (exact) mass is 436 g/mol. The summed E-state index contributed by atoms with van der Waals surface area (Å²) in [5, 5.41) is 11.4. The van der Waals surface area contributed by atoms with Crippen molar-refractivity contribution in [3.63, 3.8) is 0 Å². The van der Waals surface area contributed by atoms with Crippen LogP contribution >= 0.6 is 0 Å². The summed E-state index contributed by atoms with van der Waals surface area (Å²) in [4.78, 5) is 26.6. The summed E-state index contributed by atoms with van der Waals surface area (Å²) >= 11 is 0. The molecular weight excluding hydrogens is 400 g/mol. The summed E-state index contributed by atoms with van der Waals surface area (Å²) < 4.78 is 0. The fourth-order valence-electron chi connectivity index (χ4n) is 4.20. The van der Waals surface area contributed by atoms with Crippen LogP contribution in [0.15, 0.2) is 42.5 Å². The van der Waals surface area contributed by atoms with Gasteiger partial charge >= 0.3 is 0 Å². The molecule has 172 valence electrons. The number of amides is 1. The van der Waals surface area contributed by atoms with Gasteiger partial charge in [0, 0.05) is 40.0 Å². The van der Waals surface area contributed by atoms with Gasteiger partial charge in [0.1, 0.15) is 11.9 Å². The number of carbonyl (C=O) groups excluding carboxylic acids is 1. The molecule has 1 aromatic heterocycles. The Balaban J connectivity index is 0.00000204. The van der Waals surface area contributed by atoms with E-state index >= 15 is 0 Å². The molecule has 0 saturated carbocycles. The number of aryl methyl sites for hydroxylation is 2. The first kappa shape index (κ1) is 22.2. The van der Waals surface area contributed by atoms with Gasteiger partial charge in [-0.15, -0.1) is 0 Å². The van der Waals surface area contributed by atoms with Crippen molar-refractivity contribution < 1.29 is 12.8 Å². The lowest BCUT2D eigenvalue weighted by molar-refractivity contribution is -0.143. The number of aliphatic hydroxyl groups is 1. The molecule has 0 radical (unpaired) electrons. The number of hydrogen-bond acceptors (Lipinski definition) is 5. The van der Waals surface area contributed by atoms with Crippen LogP contribution in [0.5, 0.6) is 0 Å². The molecule has 2 heterocycles. The van der Waals surface area contributed by atoms with Crippen molar-refractivity contribution in [2.24, 2.45) is 5.92 Å². The molecule has 1 amide bonds. The summed E-state index contributed by atoms with van der Waals surface area (Å²) in [5.41, 5.74) is 4.26. The number of aromatic nitrogens is 2. The molecular formula is C26H36N4O2. The Labute approximate surface area is 192 Å². The summed E-state index contributed by atoms with van der Waals surface area (Å²) in [6.07, 6.45) is -0.150. The Kier molecular flexibility index (Phi) is 6.42. The number of hydrogen-bond donors (Lipinski definition) is 1. The first-order chi connectivity index (χ1) is 15.4. The van der Waals surface area contributed by atoms with Crippen LogP contribution in [-0.4, -0.2) is 58.2 Å². The Hall–Kier alpha value is -2.99. The van der Waals surface area contributed by atoms with E-state index < -0.39 is 6.10 Å². The maximum Gasteiger partial charge on any atom is 0.251 e. The second-order valence-corrected chi connectivity index (χ2v) is 8.85. The molecule has 2 atom stereocenters. The zero-order chi connectivity index (χ0) is 22.8. The zero-order valence-corrected chi connectivity index (χ0v) is 19.4. The zero-order valence-electron chi connectivity index (χ0n) is 19.4. The summed E-state index contributed by atoms with van der Waals surface area (Å²) in [6.45, 7) is 10.5. The van der Waals surface area contributed by atoms with Gasteiger partial charge in [-0.3, -0.25) is 4.79 Å². The average Bonchev–Trinajstić information content (AvgIpc) is 2.82. The summed E-state index contributed by atoms with van der Waals surface area (Å²) in [6, 6.07) is 14.4. The van der Waals surface area contributed by atoms with Crippen LogP contribution in [0.3, 0.4) is 0 Å². The van der Waals surface area contributed by atoms with E-state index in [9.17, 15) is 9.90 Å². The van der Waals surface area contributed by atoms with Gasteiger partial charge in [-0.25, -0.2) is 9.97 Å². The number of piperazine rings is 1. The molecule has 0 bridgehead atoms. The van der Waals surface area contributed by atoms with Gasteiger partial charge in [-0.2, -0.15) is 0 Å². The van der Waals surface area contributed by atoms with E-state index in [4.69, 9.17) is 9.97 Å². The normalized spacial score (nSPS) is 16.3. The van der Waals surface area contributed by atoms with Crippen molar-refractivity contribution in [2.75, 3.05) is 31.1 Å². The van der Waals surface area contributed by atoms with Crippen molar-refractivity contribution in [2.45, 2.75) is 40.2 Å². The van der Waals surface area contributed by atoms with Crippen LogP contribution in [0.1, 0.15) is 34.2 Å². The standard InChI is InChI=1S/C26H32N4O2.2H2/c1-5-18(3)23(31)26(32)30-14-12-29(13-15-30)25-21-11-10-17(2)16-22(21)27-24(28-25)20-9-7-6-8-19(20)4;;/h6-11,16,18,23,31H,5,12-15H2,1-4H3;2*1H/t18-,23-;;/m1../s1. The number of rotatable bonds is 5. The minimum Gasteiger partial charge on any atom is -0.383 e. The molecule has 3 aromatic rings. The van der Waals surface area contributed by atoms with E-state index in [0.717, 1.165) is 45.7 Å². The van der Waals surface area contributed by atoms with Gasteiger partial charge in [0.15, 0.2) is 5.82 Å². The number of benzene rings is 2. The SMILES string of the molecule is CC[C@@H](C)[C@@H](O)C(=O)N1CCN(c2nc(-c3ccccc3C)nc3cc(C)ccc23)CC1.[HH].[HH]. The molecule has 1 fully saturated rings. The van der Waals surface area contributed by atoms with Crippen molar-refractivity contribution in [3.05, 3.63) is 53.6 Å². The van der Waals surface area contributed by atoms with Gasteiger partial charge < -0.3 is 14.9 Å². The quantitative estimate of drug-likeness (QED) is 0.639. The molecule has 6 nitrogen and oxygen atoms in total. The van der Waals surface area contributed by atoms with Crippen LogP contribution in [0.2, 0.25) is 0 Å². The molecule has 1 N–H and O–H groups in total. The third-order valence-corrected chi connectivity index (χ3v) is 6.55. The number of nitrogens with zero attached hydrogens (tertiary/aromatic N) is 4. The van der Waals surface area contributed by atoms with Gasteiger partial charge in [0.25, 0.3) is 5.91 Å². The maximum absolute atomic E-state index is 12.7. The van der Waals surface area contributed by atoms with Crippen LogP contribution in [0.4, 0.5) is 5.82 Å². The average molecular weight is 437 g/mol. The number of carbonyl (C=O) groups is 1. The van der Waals surface area contributed by atoms with Gasteiger partial charge in [-0.1, -0.05) is 50.6 Å². The van der Waals surface area contributed by atoms with E-state index in [1.807, 2.05) is 26.0 Å². The van der Waals surface area contributed by atoms with E-state index in [1.165, 1.54) is 0 Å². The highest BCUT2D eigenvalue weighted by atomic mass is 16.3. The Bertz CT molecular complexity index is 1130. The fourth-order valence-corrected chi connectivity index (χ4v) is 4.20. The highest BCUT2D eigenvalue weighted by Gasteiger charge is 2.30. The highest BCUT2D eigenvalue weighted by molar-refractivity contribution is 5.92. The third kappa shape index (κ3) is 4.32. The molecule has 1 aliphatic heterocycles. The largest absolute Gasteiger partial charge is 0.383 e. The third-order valence-electron chi connectivity index (χ3n) is 6.55. The molecule has 6 heteroatoms. The smallest absolute Gasteiger partial charge is 0.251 e. The number of anilines is 1. The highest BCUT2D eigenvalue weighted by Crippen LogP contribution is 2.30. The molecule has 1 saturated heterocycles. The maximum atomic E-state index is 12.7. The Morgan fingerprint density at radius 2 is 1.81 bits per heavy atom. The van der Waals surface area contributed by atoms with Crippen LogP contribution in [0, 0.1) is 19.8 Å². The first-order valence-electron chi connectivity index (χ1n) is 11.4. The van der Waals surface area contributed by atoms with E-state index in [1.54, 1.807) is 4.90 Å². The number of fused-ring (bicyclic) bond motifs is 1. The van der Waals surface area contributed by atoms with Gasteiger partial charge in [-0.05, 0) is 43.0 Å². The fraction of sp³-hybridized carbons (Fsp3) is 0.423. The number of aliphatic hydroxyl groups excluding tert-OH is 1. The van der Waals surface area contributed by atoms with E-state index in [2.05, 4.69) is 49.1 Å². The van der Waals surface area contributed by atoms with Gasteiger partial charge in [0.2, 0.25) is 0 Å². The van der Waals surface area contributed by atoms with E-state index in [0.29, 0.717) is 26.2 Å². The lowest BCUT2D eigenvalue weighted by Crippen LogP contribution is -2.52. The van der Waals surface area contributed by atoms with Crippen molar-refractivity contribution in [3.8, 4) is 11.4 Å². The van der Waals surface area contributed by atoms with Crippen LogP contribution in [0.25, 0.3) is 22.3 Å². The minimum atomic E-state index is -0.929. The van der Waals surface area contributed by atoms with Crippen molar-refractivity contribution in [1.82, 2.24) is 14.9 Å². The minimum absolute atomic E-state index is 0. The second-order valence-electron chi connectivity index (χ2n) is 8.85. The second kappa shape index (κ2) is 9.25. The predicted molar refractivity (Wildman–Crippen MR) is 133 cm³/mol. The molecule has 0 unspecified atom stereocenters. The molecule has 4 rings (SSSR count). The molecule has 0 aliphatic carbocycles. The molecule has 1 aliphatic rings. The van der Waals surface area contributed by atoms with Crippen molar-refractivity contribution in [1.29, 1.82) is 0 Å². The molecule has 2 aromatic carbocycles. The van der Waals surface area contributed by atoms with Crippen molar-refractivity contribution >= 4 is 22.6 Å². The van der Waals surface area contributed by atoms with Crippen LogP contribution in [-0.2, 0) is 4.79 Å².